The van der Waals surface area contributed by atoms with Crippen LogP contribution in [0, 0.1) is 0 Å². The van der Waals surface area contributed by atoms with Gasteiger partial charge in [0.15, 0.2) is 0 Å². The van der Waals surface area contributed by atoms with E-state index in [0.717, 1.165) is 12.0 Å². The molecule has 0 spiro atoms. The summed E-state index contributed by atoms with van der Waals surface area (Å²) in [6, 6.07) is 6.98. The van der Waals surface area contributed by atoms with Gasteiger partial charge in [0.25, 0.3) is 0 Å². The van der Waals surface area contributed by atoms with Crippen molar-refractivity contribution >= 4 is 6.29 Å². The smallest absolute Gasteiger partial charge is 0.150 e. The molecule has 80 valence electrons. The van der Waals surface area contributed by atoms with E-state index in [1.54, 1.807) is 42.9 Å². The van der Waals surface area contributed by atoms with E-state index in [2.05, 4.69) is 9.97 Å². The third-order valence-electron chi connectivity index (χ3n) is 2.00. The van der Waals surface area contributed by atoms with Crippen molar-refractivity contribution < 1.29 is 9.53 Å². The van der Waals surface area contributed by atoms with Crippen molar-refractivity contribution in [1.82, 2.24) is 9.97 Å². The van der Waals surface area contributed by atoms with Crippen molar-refractivity contribution in [2.75, 3.05) is 0 Å². The van der Waals surface area contributed by atoms with Gasteiger partial charge in [-0.15, -0.1) is 0 Å². The van der Waals surface area contributed by atoms with Crippen LogP contribution >= 0.6 is 0 Å². The Morgan fingerprint density at radius 1 is 1.31 bits per heavy atom. The molecular weight excluding hydrogens is 204 g/mol. The van der Waals surface area contributed by atoms with Gasteiger partial charge in [0.05, 0.1) is 11.9 Å². The first-order chi connectivity index (χ1) is 7.88. The summed E-state index contributed by atoms with van der Waals surface area (Å²) >= 11 is 0. The first-order valence-electron chi connectivity index (χ1n) is 4.81. The molecule has 4 heteroatoms. The molecule has 0 saturated carbocycles. The highest BCUT2D eigenvalue weighted by Gasteiger charge is 1.98. The molecule has 1 heterocycles. The summed E-state index contributed by atoms with van der Waals surface area (Å²) in [6.45, 7) is 0.343. The van der Waals surface area contributed by atoms with Crippen molar-refractivity contribution in [3.05, 3.63) is 54.1 Å². The molecule has 4 nitrogen and oxygen atoms in total. The van der Waals surface area contributed by atoms with Crippen molar-refractivity contribution in [3.8, 4) is 5.75 Å². The summed E-state index contributed by atoms with van der Waals surface area (Å²) in [4.78, 5) is 18.6. The molecule has 0 amide bonds. The highest BCUT2D eigenvalue weighted by molar-refractivity contribution is 5.75. The van der Waals surface area contributed by atoms with Crippen LogP contribution in [0.15, 0.2) is 42.9 Å². The second-order valence-electron chi connectivity index (χ2n) is 3.18. The minimum atomic E-state index is 0.343. The van der Waals surface area contributed by atoms with Crippen LogP contribution in [0.3, 0.4) is 0 Å². The van der Waals surface area contributed by atoms with Crippen LogP contribution in [0.25, 0.3) is 0 Å². The minimum absolute atomic E-state index is 0.343. The van der Waals surface area contributed by atoms with Gasteiger partial charge in [0.1, 0.15) is 18.6 Å². The Bertz CT molecular complexity index is 471. The molecule has 2 aromatic rings. The van der Waals surface area contributed by atoms with Crippen LogP contribution in [-0.2, 0) is 6.61 Å². The molecule has 1 aromatic carbocycles. The minimum Gasteiger partial charge on any atom is -0.487 e. The molecule has 0 bridgehead atoms. The summed E-state index contributed by atoms with van der Waals surface area (Å²) < 4.78 is 5.47. The lowest BCUT2D eigenvalue weighted by Gasteiger charge is -2.05. The summed E-state index contributed by atoms with van der Waals surface area (Å²) in [7, 11) is 0. The lowest BCUT2D eigenvalue weighted by atomic mass is 10.2. The molecule has 0 N–H and O–H groups in total. The zero-order valence-corrected chi connectivity index (χ0v) is 8.54. The number of aldehydes is 1. The molecule has 0 radical (unpaired) electrons. The lowest BCUT2D eigenvalue weighted by molar-refractivity contribution is 0.112. The van der Waals surface area contributed by atoms with Gasteiger partial charge in [0, 0.05) is 18.0 Å². The van der Waals surface area contributed by atoms with Crippen molar-refractivity contribution in [3.63, 3.8) is 0 Å². The summed E-state index contributed by atoms with van der Waals surface area (Å²) in [5, 5.41) is 0. The molecule has 2 rings (SSSR count). The van der Waals surface area contributed by atoms with E-state index in [9.17, 15) is 4.79 Å². The standard InChI is InChI=1S/C12H10N2O2/c15-8-10-2-1-3-12(6-10)16-9-11-7-13-4-5-14-11/h1-8H,9H2. The Morgan fingerprint density at radius 2 is 2.25 bits per heavy atom. The number of aromatic nitrogens is 2. The molecule has 0 aliphatic rings. The molecule has 0 atom stereocenters. The van der Waals surface area contributed by atoms with E-state index in [-0.39, 0.29) is 0 Å². The van der Waals surface area contributed by atoms with E-state index >= 15 is 0 Å². The Morgan fingerprint density at radius 3 is 3.00 bits per heavy atom. The van der Waals surface area contributed by atoms with Crippen molar-refractivity contribution in [1.29, 1.82) is 0 Å². The predicted molar refractivity (Wildman–Crippen MR) is 58.2 cm³/mol. The third-order valence-corrected chi connectivity index (χ3v) is 2.00. The summed E-state index contributed by atoms with van der Waals surface area (Å²) in [6.07, 6.45) is 5.65. The largest absolute Gasteiger partial charge is 0.487 e. The number of nitrogens with zero attached hydrogens (tertiary/aromatic N) is 2. The number of carbonyl (C=O) groups excluding carboxylic acids is 1. The van der Waals surface area contributed by atoms with E-state index in [1.165, 1.54) is 0 Å². The van der Waals surface area contributed by atoms with Crippen LogP contribution in [-0.4, -0.2) is 16.3 Å². The molecule has 1 aromatic heterocycles. The van der Waals surface area contributed by atoms with Gasteiger partial charge < -0.3 is 4.74 Å². The number of hydrogen-bond donors (Lipinski definition) is 0. The maximum atomic E-state index is 10.6. The average molecular weight is 214 g/mol. The second kappa shape index (κ2) is 5.02. The number of hydrogen-bond acceptors (Lipinski definition) is 4. The van der Waals surface area contributed by atoms with E-state index in [4.69, 9.17) is 4.74 Å². The summed E-state index contributed by atoms with van der Waals surface area (Å²) in [5.74, 6) is 0.648. The van der Waals surface area contributed by atoms with Crippen LogP contribution < -0.4 is 4.74 Å². The van der Waals surface area contributed by atoms with Crippen LogP contribution in [0.4, 0.5) is 0 Å². The highest BCUT2D eigenvalue weighted by atomic mass is 16.5. The first-order valence-corrected chi connectivity index (χ1v) is 4.81. The Balaban J connectivity index is 2.02. The third kappa shape index (κ3) is 2.63. The molecule has 0 aliphatic heterocycles. The van der Waals surface area contributed by atoms with Crippen molar-refractivity contribution in [2.45, 2.75) is 6.61 Å². The zero-order valence-electron chi connectivity index (χ0n) is 8.54. The van der Waals surface area contributed by atoms with Crippen LogP contribution in [0.1, 0.15) is 16.1 Å². The maximum absolute atomic E-state index is 10.6. The van der Waals surface area contributed by atoms with Crippen molar-refractivity contribution in [2.24, 2.45) is 0 Å². The number of benzene rings is 1. The molecule has 0 aliphatic carbocycles. The quantitative estimate of drug-likeness (QED) is 0.729. The SMILES string of the molecule is O=Cc1cccc(OCc2cnccn2)c1. The number of ether oxygens (including phenoxy) is 1. The Hall–Kier alpha value is -2.23. The molecule has 16 heavy (non-hydrogen) atoms. The Kier molecular flexibility index (Phi) is 3.23. The number of carbonyl (C=O) groups is 1. The average Bonchev–Trinajstić information content (AvgIpc) is 2.38. The normalized spacial score (nSPS) is 9.75. The van der Waals surface area contributed by atoms with Gasteiger partial charge in [-0.2, -0.15) is 0 Å². The fourth-order valence-corrected chi connectivity index (χ4v) is 1.24. The van der Waals surface area contributed by atoms with E-state index in [1.807, 2.05) is 0 Å². The Labute approximate surface area is 92.9 Å². The topological polar surface area (TPSA) is 52.1 Å². The fraction of sp³-hybridized carbons (Fsp3) is 0.0833. The predicted octanol–water partition coefficient (Wildman–Crippen LogP) is 1.87. The van der Waals surface area contributed by atoms with E-state index in [0.29, 0.717) is 17.9 Å². The molecule has 0 fully saturated rings. The van der Waals surface area contributed by atoms with E-state index < -0.39 is 0 Å². The second-order valence-corrected chi connectivity index (χ2v) is 3.18. The van der Waals surface area contributed by atoms with Gasteiger partial charge in [0.2, 0.25) is 0 Å². The monoisotopic (exact) mass is 214 g/mol. The van der Waals surface area contributed by atoms with Gasteiger partial charge >= 0.3 is 0 Å². The maximum Gasteiger partial charge on any atom is 0.150 e. The molecule has 0 saturated heterocycles. The van der Waals surface area contributed by atoms with Gasteiger partial charge in [-0.1, -0.05) is 12.1 Å². The summed E-state index contributed by atoms with van der Waals surface area (Å²) in [5.41, 5.74) is 1.34. The van der Waals surface area contributed by atoms with Crippen LogP contribution in [0.5, 0.6) is 5.75 Å². The number of rotatable bonds is 4. The highest BCUT2D eigenvalue weighted by Crippen LogP contribution is 2.13. The fourth-order valence-electron chi connectivity index (χ4n) is 1.24. The van der Waals surface area contributed by atoms with Gasteiger partial charge in [-0.25, -0.2) is 0 Å². The molecule has 0 unspecified atom stereocenters. The first kappa shape index (κ1) is 10.3. The lowest BCUT2D eigenvalue weighted by Crippen LogP contribution is -1.98. The van der Waals surface area contributed by atoms with Gasteiger partial charge in [-0.3, -0.25) is 14.8 Å². The van der Waals surface area contributed by atoms with Gasteiger partial charge in [-0.05, 0) is 12.1 Å². The zero-order chi connectivity index (χ0) is 11.2. The van der Waals surface area contributed by atoms with Crippen LogP contribution in [0.2, 0.25) is 0 Å². The molecular formula is C12H10N2O2.